The Kier molecular flexibility index (Phi) is 7.88. The third-order valence-corrected chi connectivity index (χ3v) is 1.25. The van der Waals surface area contributed by atoms with E-state index in [1.165, 1.54) is 7.11 Å². The lowest BCUT2D eigenvalue weighted by Gasteiger charge is -2.07. The molecule has 0 aliphatic rings. The van der Waals surface area contributed by atoms with E-state index in [1.807, 2.05) is 13.8 Å². The minimum absolute atomic E-state index is 0.0490. The molecule has 78 valence electrons. The first kappa shape index (κ1) is 12.6. The Balaban J connectivity index is 3.11. The lowest BCUT2D eigenvalue weighted by atomic mass is 10.4. The molecule has 0 spiro atoms. The third kappa shape index (κ3) is 9.46. The van der Waals surface area contributed by atoms with Crippen LogP contribution in [0.25, 0.3) is 0 Å². The molecule has 4 heteroatoms. The van der Waals surface area contributed by atoms with Crippen LogP contribution >= 0.6 is 0 Å². The van der Waals surface area contributed by atoms with Gasteiger partial charge in [0.2, 0.25) is 0 Å². The van der Waals surface area contributed by atoms with Gasteiger partial charge in [-0.3, -0.25) is 4.79 Å². The van der Waals surface area contributed by atoms with Crippen molar-refractivity contribution in [3.8, 4) is 0 Å². The number of carbonyl (C=O) groups is 1. The highest BCUT2D eigenvalue weighted by atomic mass is 16.5. The van der Waals surface area contributed by atoms with E-state index >= 15 is 0 Å². The summed E-state index contributed by atoms with van der Waals surface area (Å²) in [5.41, 5.74) is 0. The van der Waals surface area contributed by atoms with Gasteiger partial charge in [0.1, 0.15) is 13.2 Å². The SMILES string of the molecule is COCC(=O)COCCOC(C)C. The molecule has 0 aromatic rings. The zero-order valence-corrected chi connectivity index (χ0v) is 8.54. The monoisotopic (exact) mass is 190 g/mol. The number of ketones is 1. The summed E-state index contributed by atoms with van der Waals surface area (Å²) in [6.07, 6.45) is 0.207. The minimum Gasteiger partial charge on any atom is -0.377 e. The molecule has 0 saturated carbocycles. The van der Waals surface area contributed by atoms with Crippen molar-refractivity contribution in [2.45, 2.75) is 20.0 Å². The number of methoxy groups -OCH3 is 1. The van der Waals surface area contributed by atoms with Crippen LogP contribution < -0.4 is 0 Å². The standard InChI is InChI=1S/C9H18O4/c1-8(2)13-5-4-12-7-9(10)6-11-3/h8H,4-7H2,1-3H3. The van der Waals surface area contributed by atoms with E-state index in [0.717, 1.165) is 0 Å². The van der Waals surface area contributed by atoms with E-state index in [2.05, 4.69) is 4.74 Å². The van der Waals surface area contributed by atoms with Gasteiger partial charge in [0.25, 0.3) is 0 Å². The zero-order valence-electron chi connectivity index (χ0n) is 8.54. The molecule has 13 heavy (non-hydrogen) atoms. The molecule has 0 amide bonds. The quantitative estimate of drug-likeness (QED) is 0.527. The topological polar surface area (TPSA) is 44.8 Å². The van der Waals surface area contributed by atoms with E-state index < -0.39 is 0 Å². The molecule has 0 aromatic heterocycles. The average molecular weight is 190 g/mol. The Labute approximate surface area is 79.2 Å². The Morgan fingerprint density at radius 1 is 1.23 bits per heavy atom. The molecule has 0 unspecified atom stereocenters. The predicted molar refractivity (Wildman–Crippen MR) is 48.8 cm³/mol. The first-order valence-electron chi connectivity index (χ1n) is 4.36. The second-order valence-corrected chi connectivity index (χ2v) is 2.94. The van der Waals surface area contributed by atoms with Crippen molar-refractivity contribution in [1.82, 2.24) is 0 Å². The van der Waals surface area contributed by atoms with Gasteiger partial charge in [-0.15, -0.1) is 0 Å². The third-order valence-electron chi connectivity index (χ3n) is 1.25. The van der Waals surface area contributed by atoms with Crippen molar-refractivity contribution in [2.75, 3.05) is 33.5 Å². The molecule has 0 bridgehead atoms. The van der Waals surface area contributed by atoms with Gasteiger partial charge >= 0.3 is 0 Å². The maximum absolute atomic E-state index is 10.8. The first-order chi connectivity index (χ1) is 6.16. The summed E-state index contributed by atoms with van der Waals surface area (Å²) in [7, 11) is 1.49. The van der Waals surface area contributed by atoms with Crippen LogP contribution in [0.1, 0.15) is 13.8 Å². The van der Waals surface area contributed by atoms with E-state index in [9.17, 15) is 4.79 Å². The molecule has 0 aliphatic heterocycles. The molecule has 0 aliphatic carbocycles. The largest absolute Gasteiger partial charge is 0.377 e. The highest BCUT2D eigenvalue weighted by Crippen LogP contribution is 1.87. The van der Waals surface area contributed by atoms with E-state index in [-0.39, 0.29) is 25.1 Å². The molecule has 0 radical (unpaired) electrons. The van der Waals surface area contributed by atoms with Crippen molar-refractivity contribution in [3.05, 3.63) is 0 Å². The first-order valence-corrected chi connectivity index (χ1v) is 4.36. The van der Waals surface area contributed by atoms with Gasteiger partial charge in [0.15, 0.2) is 5.78 Å². The van der Waals surface area contributed by atoms with Gasteiger partial charge in [-0.2, -0.15) is 0 Å². The molecule has 0 aromatic carbocycles. The summed E-state index contributed by atoms with van der Waals surface area (Å²) in [5, 5.41) is 0. The van der Waals surface area contributed by atoms with Gasteiger partial charge in [-0.25, -0.2) is 0 Å². The summed E-state index contributed by atoms with van der Waals surface area (Å²) in [4.78, 5) is 10.8. The smallest absolute Gasteiger partial charge is 0.183 e. The normalized spacial score (nSPS) is 10.8. The molecule has 0 heterocycles. The Bertz CT molecular complexity index is 134. The van der Waals surface area contributed by atoms with Gasteiger partial charge in [0, 0.05) is 7.11 Å². The molecule has 0 atom stereocenters. The molecule has 0 saturated heterocycles. The summed E-state index contributed by atoms with van der Waals surface area (Å²) in [5.74, 6) is -0.0490. The lowest BCUT2D eigenvalue weighted by Crippen LogP contribution is -2.17. The zero-order chi connectivity index (χ0) is 10.1. The molecular weight excluding hydrogens is 172 g/mol. The van der Waals surface area contributed by atoms with Gasteiger partial charge in [-0.05, 0) is 13.8 Å². The molecule has 0 rings (SSSR count). The summed E-state index contributed by atoms with van der Waals surface area (Å²) in [6.45, 7) is 5.11. The summed E-state index contributed by atoms with van der Waals surface area (Å²) in [6, 6.07) is 0. The molecule has 4 nitrogen and oxygen atoms in total. The fourth-order valence-electron chi connectivity index (χ4n) is 0.731. The highest BCUT2D eigenvalue weighted by Gasteiger charge is 2.00. The predicted octanol–water partition coefficient (Wildman–Crippen LogP) is 0.643. The van der Waals surface area contributed by atoms with Crippen LogP contribution in [-0.2, 0) is 19.0 Å². The number of ether oxygens (including phenoxy) is 3. The number of Topliss-reactive ketones (excluding diaryl/α,β-unsaturated/α-hetero) is 1. The van der Waals surface area contributed by atoms with Crippen LogP contribution in [0.2, 0.25) is 0 Å². The van der Waals surface area contributed by atoms with Crippen LogP contribution in [0.5, 0.6) is 0 Å². The number of hydrogen-bond donors (Lipinski definition) is 0. The van der Waals surface area contributed by atoms with Crippen LogP contribution in [0.15, 0.2) is 0 Å². The summed E-state index contributed by atoms with van der Waals surface area (Å²) < 4.78 is 14.9. The number of hydrogen-bond acceptors (Lipinski definition) is 4. The number of rotatable bonds is 8. The van der Waals surface area contributed by atoms with Crippen molar-refractivity contribution in [2.24, 2.45) is 0 Å². The lowest BCUT2D eigenvalue weighted by molar-refractivity contribution is -0.127. The molecule has 0 N–H and O–H groups in total. The Hall–Kier alpha value is -0.450. The van der Waals surface area contributed by atoms with Crippen molar-refractivity contribution in [1.29, 1.82) is 0 Å². The van der Waals surface area contributed by atoms with Crippen LogP contribution in [0, 0.1) is 0 Å². The maximum Gasteiger partial charge on any atom is 0.183 e. The second-order valence-electron chi connectivity index (χ2n) is 2.94. The summed E-state index contributed by atoms with van der Waals surface area (Å²) >= 11 is 0. The van der Waals surface area contributed by atoms with Crippen LogP contribution in [-0.4, -0.2) is 45.4 Å². The van der Waals surface area contributed by atoms with Crippen molar-refractivity contribution >= 4 is 5.78 Å². The van der Waals surface area contributed by atoms with Gasteiger partial charge in [-0.1, -0.05) is 0 Å². The van der Waals surface area contributed by atoms with E-state index in [0.29, 0.717) is 13.2 Å². The second kappa shape index (κ2) is 8.16. The van der Waals surface area contributed by atoms with Gasteiger partial charge < -0.3 is 14.2 Å². The van der Waals surface area contributed by atoms with Crippen molar-refractivity contribution < 1.29 is 19.0 Å². The minimum atomic E-state index is -0.0490. The van der Waals surface area contributed by atoms with Gasteiger partial charge in [0.05, 0.1) is 19.3 Å². The van der Waals surface area contributed by atoms with Crippen LogP contribution in [0.4, 0.5) is 0 Å². The molecular formula is C9H18O4. The van der Waals surface area contributed by atoms with Crippen LogP contribution in [0.3, 0.4) is 0 Å². The van der Waals surface area contributed by atoms with Crippen molar-refractivity contribution in [3.63, 3.8) is 0 Å². The average Bonchev–Trinajstić information content (AvgIpc) is 2.03. The molecule has 0 fully saturated rings. The fraction of sp³-hybridized carbons (Fsp3) is 0.889. The fourth-order valence-corrected chi connectivity index (χ4v) is 0.731. The van der Waals surface area contributed by atoms with E-state index in [4.69, 9.17) is 9.47 Å². The van der Waals surface area contributed by atoms with E-state index in [1.54, 1.807) is 0 Å². The Morgan fingerprint density at radius 3 is 2.46 bits per heavy atom. The highest BCUT2D eigenvalue weighted by molar-refractivity contribution is 5.80. The maximum atomic E-state index is 10.8. The Morgan fingerprint density at radius 2 is 1.92 bits per heavy atom. The number of carbonyl (C=O) groups excluding carboxylic acids is 1.